The lowest BCUT2D eigenvalue weighted by Gasteiger charge is -2.24. The molecule has 7 nitrogen and oxygen atoms in total. The van der Waals surface area contributed by atoms with Crippen LogP contribution in [0.15, 0.2) is 48.7 Å². The molecular weight excluding hydrogens is 352 g/mol. The maximum Gasteiger partial charge on any atom is 0.134 e. The summed E-state index contributed by atoms with van der Waals surface area (Å²) in [5.74, 6) is 1.44. The Labute approximate surface area is 162 Å². The van der Waals surface area contributed by atoms with Gasteiger partial charge in [-0.15, -0.1) is 5.10 Å². The number of nitrogens with one attached hydrogen (secondary N) is 2. The summed E-state index contributed by atoms with van der Waals surface area (Å²) in [6, 6.07) is 14.3. The number of nitrogens with zero attached hydrogens (tertiary/aromatic N) is 4. The Morgan fingerprint density at radius 2 is 1.96 bits per heavy atom. The van der Waals surface area contributed by atoms with Gasteiger partial charge >= 0.3 is 0 Å². The van der Waals surface area contributed by atoms with Crippen molar-refractivity contribution in [3.05, 3.63) is 54.2 Å². The average Bonchev–Trinajstić information content (AvgIpc) is 3.41. The molecule has 0 bridgehead atoms. The topological polar surface area (TPSA) is 80.7 Å². The molecule has 2 aromatic heterocycles. The number of para-hydroxylation sites is 1. The van der Waals surface area contributed by atoms with E-state index in [1.54, 1.807) is 11.8 Å². The number of benzene rings is 2. The number of fused-ring (bicyclic) bond motifs is 1. The largest absolute Gasteiger partial charge is 0.496 e. The van der Waals surface area contributed by atoms with Gasteiger partial charge in [0.2, 0.25) is 0 Å². The van der Waals surface area contributed by atoms with Crippen LogP contribution in [-0.2, 0) is 0 Å². The Bertz CT molecular complexity index is 1110. The van der Waals surface area contributed by atoms with Crippen molar-refractivity contribution in [3.63, 3.8) is 0 Å². The second kappa shape index (κ2) is 7.09. The van der Waals surface area contributed by atoms with Gasteiger partial charge in [0.1, 0.15) is 17.1 Å². The first-order valence-electron chi connectivity index (χ1n) is 9.58. The number of ether oxygens (including phenoxy) is 1. The summed E-state index contributed by atoms with van der Waals surface area (Å²) in [6.07, 6.45) is 4.17. The maximum absolute atomic E-state index is 5.70. The van der Waals surface area contributed by atoms with E-state index < -0.39 is 0 Å². The van der Waals surface area contributed by atoms with Crippen LogP contribution in [0.5, 0.6) is 5.75 Å². The van der Waals surface area contributed by atoms with Crippen LogP contribution in [0.25, 0.3) is 28.0 Å². The van der Waals surface area contributed by atoms with Crippen molar-refractivity contribution >= 4 is 10.9 Å². The lowest BCUT2D eigenvalue weighted by Crippen LogP contribution is -2.26. The molecule has 4 aromatic rings. The molecule has 5 rings (SSSR count). The lowest BCUT2D eigenvalue weighted by molar-refractivity contribution is 0.391. The fourth-order valence-electron chi connectivity index (χ4n) is 3.97. The lowest BCUT2D eigenvalue weighted by atomic mass is 9.89. The first-order valence-corrected chi connectivity index (χ1v) is 9.58. The minimum absolute atomic E-state index is 0.534. The summed E-state index contributed by atoms with van der Waals surface area (Å²) in [5.41, 5.74) is 4.72. The summed E-state index contributed by atoms with van der Waals surface area (Å²) in [7, 11) is 1.73. The molecule has 142 valence electrons. The van der Waals surface area contributed by atoms with Gasteiger partial charge in [-0.25, -0.2) is 4.68 Å². The van der Waals surface area contributed by atoms with Gasteiger partial charge in [-0.2, -0.15) is 5.10 Å². The highest BCUT2D eigenvalue weighted by molar-refractivity contribution is 5.91. The molecule has 1 aliphatic rings. The molecule has 0 radical (unpaired) electrons. The van der Waals surface area contributed by atoms with Gasteiger partial charge in [0.15, 0.2) is 0 Å². The molecule has 0 aliphatic carbocycles. The molecule has 2 aromatic carbocycles. The van der Waals surface area contributed by atoms with Gasteiger partial charge in [-0.05, 0) is 49.5 Å². The number of aromatic amines is 1. The van der Waals surface area contributed by atoms with E-state index in [2.05, 4.69) is 38.0 Å². The van der Waals surface area contributed by atoms with E-state index >= 15 is 0 Å². The van der Waals surface area contributed by atoms with Gasteiger partial charge < -0.3 is 10.1 Å². The van der Waals surface area contributed by atoms with Crippen molar-refractivity contribution in [1.29, 1.82) is 0 Å². The normalized spacial score (nSPS) is 15.2. The Hall–Kier alpha value is -3.19. The Kier molecular flexibility index (Phi) is 4.29. The third-order valence-corrected chi connectivity index (χ3v) is 5.47. The number of methoxy groups -OCH3 is 1. The van der Waals surface area contributed by atoms with Crippen molar-refractivity contribution in [1.82, 2.24) is 30.5 Å². The van der Waals surface area contributed by atoms with Crippen molar-refractivity contribution in [2.24, 2.45) is 0 Å². The van der Waals surface area contributed by atoms with Crippen LogP contribution in [-0.4, -0.2) is 45.4 Å². The number of aromatic nitrogens is 5. The number of rotatable bonds is 4. The Morgan fingerprint density at radius 3 is 2.82 bits per heavy atom. The van der Waals surface area contributed by atoms with E-state index in [0.29, 0.717) is 5.92 Å². The SMILES string of the molecule is COc1cc(-n2cc(-c3n[nH]c4ccccc34)nn2)ccc1C1CCNCC1. The second-order valence-corrected chi connectivity index (χ2v) is 7.12. The standard InChI is InChI=1S/C21H22N6O/c1-28-20-12-15(6-7-16(20)14-8-10-22-11-9-14)27-13-19(24-26-27)21-17-4-2-3-5-18(17)23-25-21/h2-7,12-14,22H,8-11H2,1H3,(H,23,25). The molecule has 1 saturated heterocycles. The number of piperidine rings is 1. The smallest absolute Gasteiger partial charge is 0.134 e. The number of hydrogen-bond donors (Lipinski definition) is 2. The van der Waals surface area contributed by atoms with Gasteiger partial charge in [0, 0.05) is 11.5 Å². The van der Waals surface area contributed by atoms with E-state index in [1.807, 2.05) is 36.5 Å². The van der Waals surface area contributed by atoms with E-state index in [-0.39, 0.29) is 0 Å². The zero-order chi connectivity index (χ0) is 18.9. The molecule has 0 atom stereocenters. The van der Waals surface area contributed by atoms with E-state index in [0.717, 1.165) is 59.7 Å². The fraction of sp³-hybridized carbons (Fsp3) is 0.286. The molecule has 7 heteroatoms. The minimum Gasteiger partial charge on any atom is -0.496 e. The summed E-state index contributed by atoms with van der Waals surface area (Å²) in [4.78, 5) is 0. The first-order chi connectivity index (χ1) is 13.8. The van der Waals surface area contributed by atoms with Crippen LogP contribution >= 0.6 is 0 Å². The van der Waals surface area contributed by atoms with Crippen LogP contribution < -0.4 is 10.1 Å². The van der Waals surface area contributed by atoms with E-state index in [1.165, 1.54) is 5.56 Å². The first kappa shape index (κ1) is 16.9. The van der Waals surface area contributed by atoms with Gasteiger partial charge in [0.05, 0.1) is 24.5 Å². The monoisotopic (exact) mass is 374 g/mol. The van der Waals surface area contributed by atoms with E-state index in [4.69, 9.17) is 4.74 Å². The molecule has 1 fully saturated rings. The second-order valence-electron chi connectivity index (χ2n) is 7.12. The van der Waals surface area contributed by atoms with Gasteiger partial charge in [-0.1, -0.05) is 29.5 Å². The van der Waals surface area contributed by atoms with Gasteiger partial charge in [-0.3, -0.25) is 5.10 Å². The van der Waals surface area contributed by atoms with Crippen LogP contribution in [0, 0.1) is 0 Å². The molecule has 2 N–H and O–H groups in total. The molecule has 3 heterocycles. The predicted molar refractivity (Wildman–Crippen MR) is 108 cm³/mol. The molecule has 0 amide bonds. The molecule has 0 unspecified atom stereocenters. The third kappa shape index (κ3) is 2.93. The highest BCUT2D eigenvalue weighted by Gasteiger charge is 2.20. The van der Waals surface area contributed by atoms with Crippen LogP contribution in [0.1, 0.15) is 24.3 Å². The fourth-order valence-corrected chi connectivity index (χ4v) is 3.97. The molecule has 0 spiro atoms. The summed E-state index contributed by atoms with van der Waals surface area (Å²) < 4.78 is 7.47. The van der Waals surface area contributed by atoms with Crippen molar-refractivity contribution in [2.45, 2.75) is 18.8 Å². The van der Waals surface area contributed by atoms with Crippen molar-refractivity contribution in [3.8, 4) is 22.8 Å². The van der Waals surface area contributed by atoms with Crippen molar-refractivity contribution < 1.29 is 4.74 Å². The van der Waals surface area contributed by atoms with E-state index in [9.17, 15) is 0 Å². The third-order valence-electron chi connectivity index (χ3n) is 5.47. The Balaban J connectivity index is 1.48. The van der Waals surface area contributed by atoms with Gasteiger partial charge in [0.25, 0.3) is 0 Å². The van der Waals surface area contributed by atoms with Crippen LogP contribution in [0.2, 0.25) is 0 Å². The minimum atomic E-state index is 0.534. The molecule has 28 heavy (non-hydrogen) atoms. The predicted octanol–water partition coefficient (Wildman–Crippen LogP) is 3.29. The van der Waals surface area contributed by atoms with Crippen LogP contribution in [0.4, 0.5) is 0 Å². The van der Waals surface area contributed by atoms with Crippen molar-refractivity contribution in [2.75, 3.05) is 20.2 Å². The Morgan fingerprint density at radius 1 is 1.11 bits per heavy atom. The number of H-pyrrole nitrogens is 1. The average molecular weight is 374 g/mol. The highest BCUT2D eigenvalue weighted by Crippen LogP contribution is 2.34. The summed E-state index contributed by atoms with van der Waals surface area (Å²) in [5, 5.41) is 20.6. The van der Waals surface area contributed by atoms with Crippen LogP contribution in [0.3, 0.4) is 0 Å². The summed E-state index contributed by atoms with van der Waals surface area (Å²) >= 11 is 0. The summed E-state index contributed by atoms with van der Waals surface area (Å²) in [6.45, 7) is 2.11. The molecule has 1 aliphatic heterocycles. The zero-order valence-electron chi connectivity index (χ0n) is 15.7. The molecular formula is C21H22N6O. The maximum atomic E-state index is 5.70. The molecule has 0 saturated carbocycles. The number of hydrogen-bond acceptors (Lipinski definition) is 5. The quantitative estimate of drug-likeness (QED) is 0.573. The highest BCUT2D eigenvalue weighted by atomic mass is 16.5. The zero-order valence-corrected chi connectivity index (χ0v) is 15.7.